The van der Waals surface area contributed by atoms with Gasteiger partial charge >= 0.3 is 0 Å². The second-order valence-corrected chi connectivity index (χ2v) is 2.86. The standard InChI is InChI=1S/C7H12N4/c8-6-5-9-7(10-6)11-3-1-2-4-11/h5H,1-4,8H2,(H,9,10). The van der Waals surface area contributed by atoms with Crippen LogP contribution in [0.3, 0.4) is 0 Å². The van der Waals surface area contributed by atoms with Crippen LogP contribution in [0.1, 0.15) is 12.8 Å². The van der Waals surface area contributed by atoms with E-state index in [9.17, 15) is 0 Å². The molecule has 0 aliphatic carbocycles. The number of nitrogens with two attached hydrogens (primary N) is 1. The van der Waals surface area contributed by atoms with Crippen molar-refractivity contribution in [2.24, 2.45) is 0 Å². The average molecular weight is 152 g/mol. The van der Waals surface area contributed by atoms with Gasteiger partial charge in [-0.3, -0.25) is 0 Å². The van der Waals surface area contributed by atoms with Gasteiger partial charge in [-0.1, -0.05) is 0 Å². The van der Waals surface area contributed by atoms with Crippen molar-refractivity contribution in [1.82, 2.24) is 9.97 Å². The van der Waals surface area contributed by atoms with Crippen LogP contribution >= 0.6 is 0 Å². The Morgan fingerprint density at radius 2 is 2.18 bits per heavy atom. The van der Waals surface area contributed by atoms with Crippen molar-refractivity contribution in [3.05, 3.63) is 6.20 Å². The maximum atomic E-state index is 5.50. The van der Waals surface area contributed by atoms with Crippen LogP contribution in [0.5, 0.6) is 0 Å². The van der Waals surface area contributed by atoms with Gasteiger partial charge in [0.2, 0.25) is 5.95 Å². The molecule has 11 heavy (non-hydrogen) atoms. The number of nitrogen functional groups attached to an aromatic ring is 1. The van der Waals surface area contributed by atoms with Crippen LogP contribution in [0.4, 0.5) is 11.8 Å². The van der Waals surface area contributed by atoms with E-state index in [1.54, 1.807) is 6.20 Å². The molecule has 4 nitrogen and oxygen atoms in total. The molecule has 0 saturated carbocycles. The van der Waals surface area contributed by atoms with Crippen molar-refractivity contribution >= 4 is 11.8 Å². The van der Waals surface area contributed by atoms with E-state index >= 15 is 0 Å². The zero-order valence-corrected chi connectivity index (χ0v) is 6.38. The van der Waals surface area contributed by atoms with E-state index in [1.165, 1.54) is 12.8 Å². The molecule has 1 aliphatic rings. The minimum atomic E-state index is 0.645. The summed E-state index contributed by atoms with van der Waals surface area (Å²) in [5.74, 6) is 1.56. The minimum absolute atomic E-state index is 0.645. The molecule has 0 spiro atoms. The Hall–Kier alpha value is -1.19. The van der Waals surface area contributed by atoms with Crippen molar-refractivity contribution in [3.8, 4) is 0 Å². The Morgan fingerprint density at radius 1 is 1.45 bits per heavy atom. The molecule has 1 saturated heterocycles. The predicted octanol–water partition coefficient (Wildman–Crippen LogP) is 0.592. The highest BCUT2D eigenvalue weighted by atomic mass is 15.3. The summed E-state index contributed by atoms with van der Waals surface area (Å²) in [6, 6.07) is 0. The van der Waals surface area contributed by atoms with Crippen LogP contribution in [0.15, 0.2) is 6.20 Å². The molecule has 0 atom stereocenters. The van der Waals surface area contributed by atoms with E-state index in [4.69, 9.17) is 5.73 Å². The van der Waals surface area contributed by atoms with Crippen LogP contribution in [-0.4, -0.2) is 23.1 Å². The van der Waals surface area contributed by atoms with Crippen LogP contribution in [0.25, 0.3) is 0 Å². The molecule has 1 aliphatic heterocycles. The number of hydrogen-bond donors (Lipinski definition) is 2. The lowest BCUT2D eigenvalue weighted by molar-refractivity contribution is 0.919. The average Bonchev–Trinajstić information content (AvgIpc) is 2.55. The van der Waals surface area contributed by atoms with Crippen molar-refractivity contribution in [3.63, 3.8) is 0 Å². The molecule has 1 aromatic rings. The summed E-state index contributed by atoms with van der Waals surface area (Å²) < 4.78 is 0. The van der Waals surface area contributed by atoms with E-state index in [1.807, 2.05) is 0 Å². The number of nitrogens with one attached hydrogen (secondary N) is 1. The van der Waals surface area contributed by atoms with Gasteiger partial charge in [-0.15, -0.1) is 0 Å². The first-order chi connectivity index (χ1) is 5.36. The molecule has 0 radical (unpaired) electrons. The Morgan fingerprint density at radius 3 is 2.73 bits per heavy atom. The molecule has 3 N–H and O–H groups in total. The molecule has 60 valence electrons. The van der Waals surface area contributed by atoms with Gasteiger partial charge in [0.25, 0.3) is 0 Å². The normalized spacial score (nSPS) is 17.6. The summed E-state index contributed by atoms with van der Waals surface area (Å²) in [5, 5.41) is 0. The summed E-state index contributed by atoms with van der Waals surface area (Å²) in [6.07, 6.45) is 4.19. The number of imidazole rings is 1. The Labute approximate surface area is 65.4 Å². The van der Waals surface area contributed by atoms with Gasteiger partial charge in [0.15, 0.2) is 0 Å². The predicted molar refractivity (Wildman–Crippen MR) is 44.4 cm³/mol. The van der Waals surface area contributed by atoms with Crippen molar-refractivity contribution in [2.45, 2.75) is 12.8 Å². The summed E-state index contributed by atoms with van der Waals surface area (Å²) in [6.45, 7) is 2.21. The maximum Gasteiger partial charge on any atom is 0.204 e. The number of H-pyrrole nitrogens is 1. The molecule has 0 unspecified atom stereocenters. The lowest BCUT2D eigenvalue weighted by Gasteiger charge is -2.12. The molecule has 4 heteroatoms. The second kappa shape index (κ2) is 2.45. The topological polar surface area (TPSA) is 57.9 Å². The minimum Gasteiger partial charge on any atom is -0.384 e. The van der Waals surface area contributed by atoms with Gasteiger partial charge in [-0.25, -0.2) is 4.98 Å². The summed E-state index contributed by atoms with van der Waals surface area (Å²) in [4.78, 5) is 9.37. The molecule has 2 rings (SSSR count). The first-order valence-electron chi connectivity index (χ1n) is 3.92. The van der Waals surface area contributed by atoms with Crippen molar-refractivity contribution < 1.29 is 0 Å². The first kappa shape index (κ1) is 6.52. The molecule has 1 fully saturated rings. The van der Waals surface area contributed by atoms with Gasteiger partial charge in [0.05, 0.1) is 6.20 Å². The maximum absolute atomic E-state index is 5.50. The fourth-order valence-electron chi connectivity index (χ4n) is 1.41. The van der Waals surface area contributed by atoms with Gasteiger partial charge in [-0.05, 0) is 12.8 Å². The third-order valence-electron chi connectivity index (χ3n) is 1.99. The Bertz CT molecular complexity index is 236. The van der Waals surface area contributed by atoms with Crippen LogP contribution < -0.4 is 10.6 Å². The van der Waals surface area contributed by atoms with Gasteiger partial charge in [-0.2, -0.15) is 0 Å². The largest absolute Gasteiger partial charge is 0.384 e. The highest BCUT2D eigenvalue weighted by Gasteiger charge is 2.13. The molecular weight excluding hydrogens is 140 g/mol. The van der Waals surface area contributed by atoms with Crippen LogP contribution in [0, 0.1) is 0 Å². The molecule has 0 amide bonds. The number of hydrogen-bond acceptors (Lipinski definition) is 3. The number of nitrogens with zero attached hydrogens (tertiary/aromatic N) is 2. The van der Waals surface area contributed by atoms with E-state index in [2.05, 4.69) is 14.9 Å². The van der Waals surface area contributed by atoms with Crippen molar-refractivity contribution in [2.75, 3.05) is 23.7 Å². The Balaban J connectivity index is 2.15. The number of anilines is 2. The van der Waals surface area contributed by atoms with Crippen LogP contribution in [0.2, 0.25) is 0 Å². The third-order valence-corrected chi connectivity index (χ3v) is 1.99. The number of aromatic nitrogens is 2. The SMILES string of the molecule is Nc1cnc(N2CCCC2)[nH]1. The Kier molecular flexibility index (Phi) is 1.45. The van der Waals surface area contributed by atoms with E-state index in [-0.39, 0.29) is 0 Å². The lowest BCUT2D eigenvalue weighted by atomic mass is 10.4. The second-order valence-electron chi connectivity index (χ2n) is 2.86. The summed E-state index contributed by atoms with van der Waals surface area (Å²) >= 11 is 0. The quantitative estimate of drug-likeness (QED) is 0.619. The zero-order chi connectivity index (χ0) is 7.68. The highest BCUT2D eigenvalue weighted by Crippen LogP contribution is 2.16. The van der Waals surface area contributed by atoms with Gasteiger partial charge in [0.1, 0.15) is 5.82 Å². The third kappa shape index (κ3) is 1.15. The first-order valence-corrected chi connectivity index (χ1v) is 3.92. The van der Waals surface area contributed by atoms with Gasteiger partial charge in [0, 0.05) is 13.1 Å². The molecular formula is C7H12N4. The molecule has 0 aromatic carbocycles. The molecule has 2 heterocycles. The van der Waals surface area contributed by atoms with E-state index in [0.717, 1.165) is 19.0 Å². The monoisotopic (exact) mass is 152 g/mol. The van der Waals surface area contributed by atoms with E-state index < -0.39 is 0 Å². The number of rotatable bonds is 1. The van der Waals surface area contributed by atoms with E-state index in [0.29, 0.717) is 5.82 Å². The number of aromatic amines is 1. The fourth-order valence-corrected chi connectivity index (χ4v) is 1.41. The summed E-state index contributed by atoms with van der Waals surface area (Å²) in [7, 11) is 0. The lowest BCUT2D eigenvalue weighted by Crippen LogP contribution is -2.18. The molecule has 0 bridgehead atoms. The zero-order valence-electron chi connectivity index (χ0n) is 6.38. The van der Waals surface area contributed by atoms with Crippen LogP contribution in [-0.2, 0) is 0 Å². The van der Waals surface area contributed by atoms with Crippen molar-refractivity contribution in [1.29, 1.82) is 0 Å². The van der Waals surface area contributed by atoms with Gasteiger partial charge < -0.3 is 15.6 Å². The molecule has 1 aromatic heterocycles. The summed E-state index contributed by atoms with van der Waals surface area (Å²) in [5.41, 5.74) is 5.50. The fraction of sp³-hybridized carbons (Fsp3) is 0.571. The smallest absolute Gasteiger partial charge is 0.204 e. The highest BCUT2D eigenvalue weighted by molar-refractivity contribution is 5.39.